The van der Waals surface area contributed by atoms with Gasteiger partial charge in [-0.3, -0.25) is 14.3 Å². The van der Waals surface area contributed by atoms with E-state index < -0.39 is 11.6 Å². The minimum Gasteiger partial charge on any atom is -0.447 e. The molecule has 2 N–H and O–H groups in total. The Balaban J connectivity index is 1.51. The Morgan fingerprint density at radius 1 is 1.40 bits per heavy atom. The summed E-state index contributed by atoms with van der Waals surface area (Å²) in [6.45, 7) is 4.54. The highest BCUT2D eigenvalue weighted by atomic mass is 16.6. The molecule has 1 aromatic rings. The maximum Gasteiger partial charge on any atom is 0.407 e. The Morgan fingerprint density at radius 2 is 2.24 bits per heavy atom. The van der Waals surface area contributed by atoms with Crippen molar-refractivity contribution >= 4 is 17.9 Å². The van der Waals surface area contributed by atoms with Crippen molar-refractivity contribution in [2.24, 2.45) is 5.92 Å². The third-order valence-electron chi connectivity index (χ3n) is 5.34. The Labute approximate surface area is 144 Å². The Kier molecular flexibility index (Phi) is 3.66. The van der Waals surface area contributed by atoms with Crippen LogP contribution in [0.2, 0.25) is 0 Å². The number of nitrogens with zero attached hydrogens (tertiary/aromatic N) is 3. The summed E-state index contributed by atoms with van der Waals surface area (Å²) in [5.41, 5.74) is 0.264. The van der Waals surface area contributed by atoms with Crippen molar-refractivity contribution in [2.45, 2.75) is 31.8 Å². The van der Waals surface area contributed by atoms with Crippen molar-refractivity contribution in [3.05, 3.63) is 17.5 Å². The number of aromatic nitrogens is 2. The Hall–Kier alpha value is -2.58. The molecular formula is C16H21N5O4. The minimum atomic E-state index is -0.455. The van der Waals surface area contributed by atoms with E-state index in [9.17, 15) is 14.4 Å². The third kappa shape index (κ3) is 2.73. The number of cyclic esters (lactones) is 1. The van der Waals surface area contributed by atoms with Gasteiger partial charge in [-0.1, -0.05) is 0 Å². The number of hydrogen-bond donors (Lipinski definition) is 2. The summed E-state index contributed by atoms with van der Waals surface area (Å²) >= 11 is 0. The van der Waals surface area contributed by atoms with Crippen LogP contribution in [0.25, 0.3) is 0 Å². The van der Waals surface area contributed by atoms with Crippen LogP contribution in [0.4, 0.5) is 4.79 Å². The average Bonchev–Trinajstić information content (AvgIpc) is 3.19. The monoisotopic (exact) mass is 347 g/mol. The van der Waals surface area contributed by atoms with Crippen LogP contribution in [-0.2, 0) is 11.3 Å². The molecule has 0 radical (unpaired) electrons. The van der Waals surface area contributed by atoms with Crippen LogP contribution in [0, 0.1) is 5.92 Å². The summed E-state index contributed by atoms with van der Waals surface area (Å²) in [4.78, 5) is 37.9. The van der Waals surface area contributed by atoms with Gasteiger partial charge in [0.2, 0.25) is 0 Å². The van der Waals surface area contributed by atoms with E-state index in [1.807, 2.05) is 6.92 Å². The van der Waals surface area contributed by atoms with Gasteiger partial charge in [0.25, 0.3) is 11.8 Å². The third-order valence-corrected chi connectivity index (χ3v) is 5.34. The highest BCUT2D eigenvalue weighted by Gasteiger charge is 2.44. The summed E-state index contributed by atoms with van der Waals surface area (Å²) in [6, 6.07) is 1.56. The molecule has 1 aromatic heterocycles. The molecule has 2 fully saturated rings. The quantitative estimate of drug-likeness (QED) is 0.782. The van der Waals surface area contributed by atoms with E-state index in [0.29, 0.717) is 44.2 Å². The van der Waals surface area contributed by atoms with Gasteiger partial charge in [0, 0.05) is 31.6 Å². The molecule has 4 rings (SSSR count). The second kappa shape index (κ2) is 5.75. The normalized spacial score (nSPS) is 28.8. The second-order valence-corrected chi connectivity index (χ2v) is 7.10. The van der Waals surface area contributed by atoms with E-state index in [1.165, 1.54) is 0 Å². The van der Waals surface area contributed by atoms with Crippen molar-refractivity contribution in [2.75, 3.05) is 26.2 Å². The molecule has 0 bridgehead atoms. The molecule has 2 unspecified atom stereocenters. The van der Waals surface area contributed by atoms with E-state index in [0.717, 1.165) is 12.8 Å². The molecule has 9 nitrogen and oxygen atoms in total. The van der Waals surface area contributed by atoms with Crippen LogP contribution >= 0.6 is 0 Å². The number of hydrogen-bond acceptors (Lipinski definition) is 5. The number of rotatable bonds is 2. The van der Waals surface area contributed by atoms with Gasteiger partial charge in [-0.05, 0) is 19.8 Å². The summed E-state index contributed by atoms with van der Waals surface area (Å²) in [5.74, 6) is -0.252. The average molecular weight is 347 g/mol. The van der Waals surface area contributed by atoms with Gasteiger partial charge in [0.1, 0.15) is 12.3 Å². The van der Waals surface area contributed by atoms with Gasteiger partial charge in [-0.25, -0.2) is 4.79 Å². The molecule has 3 aliphatic rings. The summed E-state index contributed by atoms with van der Waals surface area (Å²) in [5, 5.41) is 9.92. The maximum atomic E-state index is 12.9. The SMILES string of the molecule is CC1(C2CCCN(C(=O)c3cc4n(n3)CCNC4=O)C2)COC(=O)N1. The fourth-order valence-corrected chi connectivity index (χ4v) is 3.82. The predicted octanol–water partition coefficient (Wildman–Crippen LogP) is -0.0228. The van der Waals surface area contributed by atoms with Crippen molar-refractivity contribution in [3.8, 4) is 0 Å². The topological polar surface area (TPSA) is 106 Å². The molecule has 3 aliphatic heterocycles. The molecule has 2 saturated heterocycles. The van der Waals surface area contributed by atoms with Crippen LogP contribution in [0.5, 0.6) is 0 Å². The molecule has 0 saturated carbocycles. The number of carbonyl (C=O) groups is 3. The van der Waals surface area contributed by atoms with Crippen molar-refractivity contribution in [3.63, 3.8) is 0 Å². The lowest BCUT2D eigenvalue weighted by molar-refractivity contribution is 0.0574. The number of amides is 3. The number of fused-ring (bicyclic) bond motifs is 1. The van der Waals surface area contributed by atoms with Crippen molar-refractivity contribution < 1.29 is 19.1 Å². The number of carbonyl (C=O) groups excluding carboxylic acids is 3. The Bertz CT molecular complexity index is 745. The first-order valence-electron chi connectivity index (χ1n) is 8.56. The molecule has 0 spiro atoms. The second-order valence-electron chi connectivity index (χ2n) is 7.10. The maximum absolute atomic E-state index is 12.9. The molecule has 0 aliphatic carbocycles. The first kappa shape index (κ1) is 15.9. The van der Waals surface area contributed by atoms with E-state index in [1.54, 1.807) is 15.6 Å². The number of likely N-dealkylation sites (tertiary alicyclic amines) is 1. The number of alkyl carbamates (subject to hydrolysis) is 1. The fourth-order valence-electron chi connectivity index (χ4n) is 3.82. The van der Waals surface area contributed by atoms with Crippen LogP contribution in [0.15, 0.2) is 6.07 Å². The van der Waals surface area contributed by atoms with Gasteiger partial charge >= 0.3 is 6.09 Å². The first-order valence-corrected chi connectivity index (χ1v) is 8.56. The van der Waals surface area contributed by atoms with Crippen LogP contribution in [0.1, 0.15) is 40.7 Å². The Morgan fingerprint density at radius 3 is 2.96 bits per heavy atom. The summed E-state index contributed by atoms with van der Waals surface area (Å²) in [7, 11) is 0. The smallest absolute Gasteiger partial charge is 0.407 e. The summed E-state index contributed by atoms with van der Waals surface area (Å²) < 4.78 is 6.64. The first-order chi connectivity index (χ1) is 12.0. The number of ether oxygens (including phenoxy) is 1. The predicted molar refractivity (Wildman–Crippen MR) is 86.1 cm³/mol. The molecular weight excluding hydrogens is 326 g/mol. The highest BCUT2D eigenvalue weighted by Crippen LogP contribution is 2.31. The minimum absolute atomic E-state index is 0.122. The lowest BCUT2D eigenvalue weighted by Crippen LogP contribution is -2.54. The van der Waals surface area contributed by atoms with Gasteiger partial charge in [-0.15, -0.1) is 0 Å². The molecule has 134 valence electrons. The fraction of sp³-hybridized carbons (Fsp3) is 0.625. The molecule has 4 heterocycles. The van der Waals surface area contributed by atoms with Crippen molar-refractivity contribution in [1.82, 2.24) is 25.3 Å². The molecule has 3 amide bonds. The lowest BCUT2D eigenvalue weighted by Gasteiger charge is -2.39. The molecule has 9 heteroatoms. The van der Waals surface area contributed by atoms with Crippen molar-refractivity contribution in [1.29, 1.82) is 0 Å². The van der Waals surface area contributed by atoms with Gasteiger partial charge in [0.15, 0.2) is 5.69 Å². The van der Waals surface area contributed by atoms with Crippen LogP contribution < -0.4 is 10.6 Å². The van der Waals surface area contributed by atoms with E-state index in [4.69, 9.17) is 4.74 Å². The van der Waals surface area contributed by atoms with Crippen LogP contribution in [0.3, 0.4) is 0 Å². The zero-order valence-corrected chi connectivity index (χ0v) is 14.1. The lowest BCUT2D eigenvalue weighted by atomic mass is 9.81. The van der Waals surface area contributed by atoms with Gasteiger partial charge in [-0.2, -0.15) is 5.10 Å². The van der Waals surface area contributed by atoms with Gasteiger partial charge < -0.3 is 20.3 Å². The molecule has 25 heavy (non-hydrogen) atoms. The zero-order valence-electron chi connectivity index (χ0n) is 14.1. The largest absolute Gasteiger partial charge is 0.447 e. The van der Waals surface area contributed by atoms with Crippen LogP contribution in [-0.4, -0.2) is 64.4 Å². The standard InChI is InChI=1S/C16H21N5O4/c1-16(9-25-15(24)18-16)10-3-2-5-20(8-10)14(23)11-7-12-13(22)17-4-6-21(12)19-11/h7,10H,2-6,8-9H2,1H3,(H,17,22)(H,18,24). The summed E-state index contributed by atoms with van der Waals surface area (Å²) in [6.07, 6.45) is 1.38. The zero-order chi connectivity index (χ0) is 17.6. The number of piperidine rings is 1. The highest BCUT2D eigenvalue weighted by molar-refractivity contribution is 5.98. The molecule has 2 atom stereocenters. The van der Waals surface area contributed by atoms with E-state index in [2.05, 4.69) is 15.7 Å². The van der Waals surface area contributed by atoms with E-state index >= 15 is 0 Å². The van der Waals surface area contributed by atoms with Gasteiger partial charge in [0.05, 0.1) is 12.1 Å². The van der Waals surface area contributed by atoms with E-state index in [-0.39, 0.29) is 17.7 Å². The number of nitrogens with one attached hydrogen (secondary N) is 2. The molecule has 0 aromatic carbocycles.